The number of aromatic amines is 1. The van der Waals surface area contributed by atoms with E-state index in [-0.39, 0.29) is 0 Å². The highest BCUT2D eigenvalue weighted by Crippen LogP contribution is 2.15. The molecule has 0 radical (unpaired) electrons. The Labute approximate surface area is 117 Å². The number of rotatable bonds is 6. The molecule has 102 valence electrons. The summed E-state index contributed by atoms with van der Waals surface area (Å²) >= 11 is 0. The SMILES string of the molecule is c1cn(-c2ccc(OCCCc3cnc[nH]3)cc2)cn1. The number of ether oxygens (including phenoxy) is 1. The first-order valence-corrected chi connectivity index (χ1v) is 6.60. The van der Waals surface area contributed by atoms with Gasteiger partial charge in [0.2, 0.25) is 0 Å². The fraction of sp³-hybridized carbons (Fsp3) is 0.200. The predicted octanol–water partition coefficient (Wildman–Crippen LogP) is 2.61. The van der Waals surface area contributed by atoms with Crippen LogP contribution in [0.4, 0.5) is 0 Å². The summed E-state index contributed by atoms with van der Waals surface area (Å²) in [6.45, 7) is 0.698. The highest BCUT2D eigenvalue weighted by Gasteiger charge is 1.98. The van der Waals surface area contributed by atoms with Gasteiger partial charge in [-0.2, -0.15) is 0 Å². The van der Waals surface area contributed by atoms with Gasteiger partial charge in [0.1, 0.15) is 5.75 Å². The maximum atomic E-state index is 5.72. The molecule has 5 nitrogen and oxygen atoms in total. The van der Waals surface area contributed by atoms with E-state index in [0.717, 1.165) is 30.0 Å². The third kappa shape index (κ3) is 3.06. The summed E-state index contributed by atoms with van der Waals surface area (Å²) in [7, 11) is 0. The second kappa shape index (κ2) is 6.06. The average Bonchev–Trinajstić information content (AvgIpc) is 3.17. The van der Waals surface area contributed by atoms with Crippen LogP contribution in [0.25, 0.3) is 5.69 Å². The van der Waals surface area contributed by atoms with Crippen molar-refractivity contribution in [2.45, 2.75) is 12.8 Å². The average molecular weight is 268 g/mol. The van der Waals surface area contributed by atoms with E-state index in [9.17, 15) is 0 Å². The monoisotopic (exact) mass is 268 g/mol. The number of hydrogen-bond acceptors (Lipinski definition) is 3. The van der Waals surface area contributed by atoms with Crippen molar-refractivity contribution in [2.75, 3.05) is 6.61 Å². The molecule has 1 N–H and O–H groups in total. The molecule has 2 heterocycles. The highest BCUT2D eigenvalue weighted by molar-refractivity contribution is 5.37. The molecule has 0 saturated heterocycles. The summed E-state index contributed by atoms with van der Waals surface area (Å²) in [6, 6.07) is 7.99. The number of nitrogens with zero attached hydrogens (tertiary/aromatic N) is 3. The van der Waals surface area contributed by atoms with Crippen molar-refractivity contribution in [3.63, 3.8) is 0 Å². The Morgan fingerprint density at radius 3 is 2.75 bits per heavy atom. The lowest BCUT2D eigenvalue weighted by atomic mass is 10.2. The van der Waals surface area contributed by atoms with Crippen LogP contribution in [-0.4, -0.2) is 26.1 Å². The zero-order valence-corrected chi connectivity index (χ0v) is 11.1. The van der Waals surface area contributed by atoms with Crippen molar-refractivity contribution < 1.29 is 4.74 Å². The van der Waals surface area contributed by atoms with E-state index in [0.29, 0.717) is 6.61 Å². The summed E-state index contributed by atoms with van der Waals surface area (Å²) in [4.78, 5) is 11.1. The minimum Gasteiger partial charge on any atom is -0.494 e. The first-order chi connectivity index (χ1) is 9.92. The minimum atomic E-state index is 0.698. The number of benzene rings is 1. The van der Waals surface area contributed by atoms with E-state index in [2.05, 4.69) is 15.0 Å². The number of aryl methyl sites for hydroxylation is 1. The molecule has 0 saturated carbocycles. The molecule has 0 unspecified atom stereocenters. The zero-order chi connectivity index (χ0) is 13.6. The molecule has 0 fully saturated rings. The van der Waals surface area contributed by atoms with Gasteiger partial charge in [0.05, 0.1) is 19.3 Å². The van der Waals surface area contributed by atoms with Gasteiger partial charge in [0.15, 0.2) is 0 Å². The van der Waals surface area contributed by atoms with Gasteiger partial charge in [-0.05, 0) is 37.1 Å². The van der Waals surface area contributed by atoms with E-state index in [1.807, 2.05) is 41.2 Å². The van der Waals surface area contributed by atoms with Gasteiger partial charge in [-0.25, -0.2) is 9.97 Å². The molecule has 0 aliphatic heterocycles. The van der Waals surface area contributed by atoms with Crippen LogP contribution in [0.5, 0.6) is 5.75 Å². The maximum Gasteiger partial charge on any atom is 0.119 e. The van der Waals surface area contributed by atoms with Gasteiger partial charge >= 0.3 is 0 Å². The lowest BCUT2D eigenvalue weighted by molar-refractivity contribution is 0.310. The van der Waals surface area contributed by atoms with Gasteiger partial charge < -0.3 is 14.3 Å². The summed E-state index contributed by atoms with van der Waals surface area (Å²) in [6.07, 6.45) is 10.9. The Morgan fingerprint density at radius 1 is 1.15 bits per heavy atom. The van der Waals surface area contributed by atoms with Gasteiger partial charge in [-0.15, -0.1) is 0 Å². The molecule has 2 aromatic heterocycles. The number of hydrogen-bond donors (Lipinski definition) is 1. The molecule has 20 heavy (non-hydrogen) atoms. The van der Waals surface area contributed by atoms with E-state index < -0.39 is 0 Å². The molecule has 5 heteroatoms. The Hall–Kier alpha value is -2.56. The number of nitrogens with one attached hydrogen (secondary N) is 1. The number of imidazole rings is 2. The molecule has 0 aliphatic rings. The maximum absolute atomic E-state index is 5.72. The zero-order valence-electron chi connectivity index (χ0n) is 11.1. The van der Waals surface area contributed by atoms with Crippen LogP contribution in [0.2, 0.25) is 0 Å². The largest absolute Gasteiger partial charge is 0.494 e. The van der Waals surface area contributed by atoms with E-state index >= 15 is 0 Å². The third-order valence-electron chi connectivity index (χ3n) is 3.05. The van der Waals surface area contributed by atoms with Crippen LogP contribution in [0.3, 0.4) is 0 Å². The first kappa shape index (κ1) is 12.5. The normalized spacial score (nSPS) is 10.6. The molecule has 0 amide bonds. The molecule has 0 atom stereocenters. The summed E-state index contributed by atoms with van der Waals surface area (Å²) in [5.74, 6) is 0.887. The van der Waals surface area contributed by atoms with Crippen molar-refractivity contribution >= 4 is 0 Å². The second-order valence-electron chi connectivity index (χ2n) is 4.49. The van der Waals surface area contributed by atoms with Crippen molar-refractivity contribution in [3.8, 4) is 11.4 Å². The Bertz CT molecular complexity index is 614. The van der Waals surface area contributed by atoms with Crippen molar-refractivity contribution in [3.05, 3.63) is 61.2 Å². The van der Waals surface area contributed by atoms with Crippen LogP contribution in [0, 0.1) is 0 Å². The second-order valence-corrected chi connectivity index (χ2v) is 4.49. The molecule has 3 rings (SSSR count). The van der Waals surface area contributed by atoms with Crippen LogP contribution in [0.15, 0.2) is 55.5 Å². The molecule has 0 spiro atoms. The fourth-order valence-corrected chi connectivity index (χ4v) is 2.00. The number of H-pyrrole nitrogens is 1. The summed E-state index contributed by atoms with van der Waals surface area (Å²) < 4.78 is 7.68. The van der Waals surface area contributed by atoms with Gasteiger partial charge in [-0.3, -0.25) is 0 Å². The molecular formula is C15H16N4O. The van der Waals surface area contributed by atoms with E-state index in [1.165, 1.54) is 0 Å². The van der Waals surface area contributed by atoms with Crippen molar-refractivity contribution in [1.29, 1.82) is 0 Å². The van der Waals surface area contributed by atoms with E-state index in [4.69, 9.17) is 4.74 Å². The molecular weight excluding hydrogens is 252 g/mol. The Kier molecular flexibility index (Phi) is 3.78. The van der Waals surface area contributed by atoms with Crippen LogP contribution in [-0.2, 0) is 6.42 Å². The predicted molar refractivity (Wildman–Crippen MR) is 76.0 cm³/mol. The Morgan fingerprint density at radius 2 is 2.05 bits per heavy atom. The standard InChI is InChI=1S/C15H16N4O/c1(2-13-10-17-11-18-13)9-20-15-5-3-14(4-6-15)19-8-7-16-12-19/h3-8,10-12H,1-2,9H2,(H,17,18). The lowest BCUT2D eigenvalue weighted by Crippen LogP contribution is -2.00. The Balaban J connectivity index is 1.48. The summed E-state index contributed by atoms with van der Waals surface area (Å²) in [5.41, 5.74) is 2.22. The van der Waals surface area contributed by atoms with Gasteiger partial charge in [0.25, 0.3) is 0 Å². The van der Waals surface area contributed by atoms with Crippen molar-refractivity contribution in [1.82, 2.24) is 19.5 Å². The van der Waals surface area contributed by atoms with Gasteiger partial charge in [0, 0.05) is 30.0 Å². The highest BCUT2D eigenvalue weighted by atomic mass is 16.5. The smallest absolute Gasteiger partial charge is 0.119 e. The van der Waals surface area contributed by atoms with Crippen LogP contribution < -0.4 is 4.74 Å². The minimum absolute atomic E-state index is 0.698. The lowest BCUT2D eigenvalue weighted by Gasteiger charge is -2.07. The van der Waals surface area contributed by atoms with Crippen LogP contribution in [0.1, 0.15) is 12.1 Å². The molecule has 0 bridgehead atoms. The quantitative estimate of drug-likeness (QED) is 0.699. The van der Waals surface area contributed by atoms with Gasteiger partial charge in [-0.1, -0.05) is 0 Å². The molecule has 3 aromatic rings. The summed E-state index contributed by atoms with van der Waals surface area (Å²) in [5, 5.41) is 0. The van der Waals surface area contributed by atoms with Crippen LogP contribution >= 0.6 is 0 Å². The molecule has 0 aliphatic carbocycles. The fourth-order valence-electron chi connectivity index (χ4n) is 2.00. The topological polar surface area (TPSA) is 55.7 Å². The number of aromatic nitrogens is 4. The first-order valence-electron chi connectivity index (χ1n) is 6.60. The third-order valence-corrected chi connectivity index (χ3v) is 3.05. The van der Waals surface area contributed by atoms with E-state index in [1.54, 1.807) is 18.9 Å². The molecule has 1 aromatic carbocycles. The van der Waals surface area contributed by atoms with Crippen molar-refractivity contribution in [2.24, 2.45) is 0 Å².